The average Bonchev–Trinajstić information content (AvgIpc) is 2.14. The largest absolute Gasteiger partial charge is 0.466 e. The first-order chi connectivity index (χ1) is 6.20. The summed E-state index contributed by atoms with van der Waals surface area (Å²) in [7, 11) is 1.33. The predicted molar refractivity (Wildman–Crippen MR) is 51.3 cm³/mol. The maximum Gasteiger partial charge on any atom is 0.330 e. The number of esters is 1. The molecule has 0 saturated heterocycles. The van der Waals surface area contributed by atoms with Gasteiger partial charge in [0.1, 0.15) is 0 Å². The molecule has 0 aromatic carbocycles. The van der Waals surface area contributed by atoms with Crippen LogP contribution in [0.25, 0.3) is 0 Å². The summed E-state index contributed by atoms with van der Waals surface area (Å²) in [5.41, 5.74) is 0. The van der Waals surface area contributed by atoms with Crippen molar-refractivity contribution in [2.24, 2.45) is 0 Å². The standard InChI is InChI=1S/C10H18O3/c1-3-4-6-9(11)7-5-8-10(12)13-2/h5,8-9,11H,3-4,6-7H2,1-2H3/b8-5+. The van der Waals surface area contributed by atoms with Gasteiger partial charge in [0, 0.05) is 6.08 Å². The van der Waals surface area contributed by atoms with Gasteiger partial charge in [0.05, 0.1) is 13.2 Å². The van der Waals surface area contributed by atoms with Crippen molar-refractivity contribution in [2.45, 2.75) is 38.7 Å². The second kappa shape index (κ2) is 7.80. The maximum atomic E-state index is 10.6. The van der Waals surface area contributed by atoms with Crippen molar-refractivity contribution in [3.63, 3.8) is 0 Å². The molecule has 1 N–H and O–H groups in total. The molecule has 13 heavy (non-hydrogen) atoms. The normalized spacial score (nSPS) is 13.2. The van der Waals surface area contributed by atoms with E-state index in [1.54, 1.807) is 6.08 Å². The Bertz CT molecular complexity index is 164. The van der Waals surface area contributed by atoms with Gasteiger partial charge in [-0.25, -0.2) is 4.79 Å². The van der Waals surface area contributed by atoms with Crippen molar-refractivity contribution in [3.8, 4) is 0 Å². The number of carbonyl (C=O) groups is 1. The second-order valence-corrected chi connectivity index (χ2v) is 2.96. The molecular weight excluding hydrogens is 168 g/mol. The molecule has 0 bridgehead atoms. The molecule has 1 unspecified atom stereocenters. The Hall–Kier alpha value is -0.830. The van der Waals surface area contributed by atoms with E-state index in [0.717, 1.165) is 19.3 Å². The topological polar surface area (TPSA) is 46.5 Å². The van der Waals surface area contributed by atoms with Crippen molar-refractivity contribution >= 4 is 5.97 Å². The zero-order chi connectivity index (χ0) is 10.1. The summed E-state index contributed by atoms with van der Waals surface area (Å²) >= 11 is 0. The van der Waals surface area contributed by atoms with Crippen LogP contribution in [0.15, 0.2) is 12.2 Å². The fourth-order valence-electron chi connectivity index (χ4n) is 0.947. The Morgan fingerprint density at radius 3 is 2.85 bits per heavy atom. The number of aliphatic hydroxyl groups is 1. The highest BCUT2D eigenvalue weighted by atomic mass is 16.5. The molecule has 0 aromatic rings. The second-order valence-electron chi connectivity index (χ2n) is 2.96. The van der Waals surface area contributed by atoms with E-state index in [9.17, 15) is 9.90 Å². The molecule has 0 heterocycles. The van der Waals surface area contributed by atoms with Crippen LogP contribution in [0.2, 0.25) is 0 Å². The van der Waals surface area contributed by atoms with E-state index in [1.807, 2.05) is 0 Å². The van der Waals surface area contributed by atoms with Crippen LogP contribution in [0.5, 0.6) is 0 Å². The molecule has 0 aliphatic heterocycles. The fraction of sp³-hybridized carbons (Fsp3) is 0.700. The van der Waals surface area contributed by atoms with Crippen LogP contribution >= 0.6 is 0 Å². The molecular formula is C10H18O3. The fourth-order valence-corrected chi connectivity index (χ4v) is 0.947. The van der Waals surface area contributed by atoms with E-state index >= 15 is 0 Å². The minimum atomic E-state index is -0.373. The van der Waals surface area contributed by atoms with Crippen molar-refractivity contribution in [3.05, 3.63) is 12.2 Å². The van der Waals surface area contributed by atoms with E-state index in [0.29, 0.717) is 6.42 Å². The number of carbonyl (C=O) groups excluding carboxylic acids is 1. The Kier molecular flexibility index (Phi) is 7.30. The zero-order valence-electron chi connectivity index (χ0n) is 8.32. The van der Waals surface area contributed by atoms with Gasteiger partial charge in [-0.05, 0) is 12.8 Å². The number of hydrogen-bond acceptors (Lipinski definition) is 3. The summed E-state index contributed by atoms with van der Waals surface area (Å²) in [6.07, 6.45) is 6.07. The quantitative estimate of drug-likeness (QED) is 0.507. The first-order valence-corrected chi connectivity index (χ1v) is 4.63. The minimum absolute atomic E-state index is 0.333. The third kappa shape index (κ3) is 7.53. The monoisotopic (exact) mass is 186 g/mol. The molecule has 0 spiro atoms. The van der Waals surface area contributed by atoms with Crippen LogP contribution in [0, 0.1) is 0 Å². The molecule has 1 atom stereocenters. The van der Waals surface area contributed by atoms with Gasteiger partial charge in [0.15, 0.2) is 0 Å². The molecule has 0 aliphatic carbocycles. The van der Waals surface area contributed by atoms with Crippen molar-refractivity contribution in [1.82, 2.24) is 0 Å². The number of ether oxygens (including phenoxy) is 1. The van der Waals surface area contributed by atoms with Gasteiger partial charge in [0.25, 0.3) is 0 Å². The third-order valence-electron chi connectivity index (χ3n) is 1.75. The van der Waals surface area contributed by atoms with Crippen LogP contribution < -0.4 is 0 Å². The van der Waals surface area contributed by atoms with Crippen molar-refractivity contribution in [1.29, 1.82) is 0 Å². The van der Waals surface area contributed by atoms with Gasteiger partial charge in [-0.1, -0.05) is 25.8 Å². The first kappa shape index (κ1) is 12.2. The Morgan fingerprint density at radius 2 is 2.31 bits per heavy atom. The first-order valence-electron chi connectivity index (χ1n) is 4.63. The summed E-state index contributed by atoms with van der Waals surface area (Å²) < 4.78 is 4.41. The van der Waals surface area contributed by atoms with Gasteiger partial charge in [0.2, 0.25) is 0 Å². The molecule has 76 valence electrons. The number of aliphatic hydroxyl groups excluding tert-OH is 1. The summed E-state index contributed by atoms with van der Waals surface area (Å²) in [5, 5.41) is 9.36. The number of methoxy groups -OCH3 is 1. The summed E-state index contributed by atoms with van der Waals surface area (Å²) in [4.78, 5) is 10.6. The van der Waals surface area contributed by atoms with Gasteiger partial charge >= 0.3 is 5.97 Å². The smallest absolute Gasteiger partial charge is 0.330 e. The lowest BCUT2D eigenvalue weighted by molar-refractivity contribution is -0.134. The molecule has 3 heteroatoms. The van der Waals surface area contributed by atoms with E-state index < -0.39 is 0 Å². The van der Waals surface area contributed by atoms with Gasteiger partial charge < -0.3 is 9.84 Å². The van der Waals surface area contributed by atoms with Crippen LogP contribution in [-0.2, 0) is 9.53 Å². The van der Waals surface area contributed by atoms with Gasteiger partial charge in [-0.2, -0.15) is 0 Å². The predicted octanol–water partition coefficient (Wildman–Crippen LogP) is 1.66. The Balaban J connectivity index is 3.50. The lowest BCUT2D eigenvalue weighted by atomic mass is 10.1. The molecule has 3 nitrogen and oxygen atoms in total. The molecule has 0 aromatic heterocycles. The van der Waals surface area contributed by atoms with Gasteiger partial charge in [-0.15, -0.1) is 0 Å². The van der Waals surface area contributed by atoms with Crippen LogP contribution in [0.3, 0.4) is 0 Å². The molecule has 0 aliphatic rings. The van der Waals surface area contributed by atoms with Crippen molar-refractivity contribution < 1.29 is 14.6 Å². The third-order valence-corrected chi connectivity index (χ3v) is 1.75. The minimum Gasteiger partial charge on any atom is -0.466 e. The molecule has 0 fully saturated rings. The number of rotatable bonds is 6. The number of unbranched alkanes of at least 4 members (excludes halogenated alkanes) is 1. The molecule has 0 radical (unpaired) electrons. The highest BCUT2D eigenvalue weighted by molar-refractivity contribution is 5.81. The van der Waals surface area contributed by atoms with Crippen LogP contribution in [0.1, 0.15) is 32.6 Å². The summed E-state index contributed by atoms with van der Waals surface area (Å²) in [5.74, 6) is -0.373. The van der Waals surface area contributed by atoms with Gasteiger partial charge in [-0.3, -0.25) is 0 Å². The van der Waals surface area contributed by atoms with E-state index in [1.165, 1.54) is 13.2 Å². The van der Waals surface area contributed by atoms with Crippen molar-refractivity contribution in [2.75, 3.05) is 7.11 Å². The Labute approximate surface area is 79.4 Å². The number of hydrogen-bond donors (Lipinski definition) is 1. The maximum absolute atomic E-state index is 10.6. The van der Waals surface area contributed by atoms with E-state index in [-0.39, 0.29) is 12.1 Å². The highest BCUT2D eigenvalue weighted by Crippen LogP contribution is 2.04. The summed E-state index contributed by atoms with van der Waals surface area (Å²) in [6, 6.07) is 0. The lowest BCUT2D eigenvalue weighted by Gasteiger charge is -2.05. The van der Waals surface area contributed by atoms with Crippen LogP contribution in [0.4, 0.5) is 0 Å². The van der Waals surface area contributed by atoms with Crippen LogP contribution in [-0.4, -0.2) is 24.3 Å². The summed E-state index contributed by atoms with van der Waals surface area (Å²) in [6.45, 7) is 2.08. The molecule has 0 saturated carbocycles. The SMILES string of the molecule is CCCCC(O)C/C=C/C(=O)OC. The highest BCUT2D eigenvalue weighted by Gasteiger charge is 2.00. The zero-order valence-corrected chi connectivity index (χ0v) is 8.32. The van der Waals surface area contributed by atoms with E-state index in [2.05, 4.69) is 11.7 Å². The molecule has 0 rings (SSSR count). The Morgan fingerprint density at radius 1 is 1.62 bits per heavy atom. The lowest BCUT2D eigenvalue weighted by Crippen LogP contribution is -2.04. The van der Waals surface area contributed by atoms with E-state index in [4.69, 9.17) is 0 Å². The molecule has 0 amide bonds. The average molecular weight is 186 g/mol.